The molecule has 0 aliphatic heterocycles. The second-order valence-electron chi connectivity index (χ2n) is 1.87. The van der Waals surface area contributed by atoms with E-state index in [0.717, 1.165) is 12.1 Å². The van der Waals surface area contributed by atoms with Gasteiger partial charge in [0.2, 0.25) is 0 Å². The maximum atomic E-state index is 11.8. The molecule has 0 saturated heterocycles. The van der Waals surface area contributed by atoms with Gasteiger partial charge in [0.25, 0.3) is 0 Å². The van der Waals surface area contributed by atoms with Gasteiger partial charge in [-0.15, -0.1) is 0 Å². The van der Waals surface area contributed by atoms with Crippen molar-refractivity contribution in [1.29, 1.82) is 0 Å². The molecular weight excluding hydrogens is 203 g/mol. The first-order valence-corrected chi connectivity index (χ1v) is 4.07. The van der Waals surface area contributed by atoms with Gasteiger partial charge in [-0.2, -0.15) is 13.2 Å². The molecule has 5 heteroatoms. The molecule has 0 unspecified atom stereocenters. The summed E-state index contributed by atoms with van der Waals surface area (Å²) >= 11 is 5.28. The molecule has 0 N–H and O–H groups in total. The van der Waals surface area contributed by atoms with E-state index in [1.165, 1.54) is 0 Å². The lowest BCUT2D eigenvalue weighted by Crippen LogP contribution is -2.04. The quantitative estimate of drug-likeness (QED) is 0.595. The minimum absolute atomic E-state index is 0.0537. The molecule has 1 rings (SSSR count). The van der Waals surface area contributed by atoms with Crippen molar-refractivity contribution in [2.45, 2.75) is 20.0 Å². The molecule has 0 spiro atoms. The van der Waals surface area contributed by atoms with Crippen LogP contribution in [0.2, 0.25) is 5.15 Å². The van der Waals surface area contributed by atoms with Crippen LogP contribution in [0.25, 0.3) is 0 Å². The predicted molar refractivity (Wildman–Crippen MR) is 45.6 cm³/mol. The topological polar surface area (TPSA) is 12.9 Å². The summed E-state index contributed by atoms with van der Waals surface area (Å²) in [6.07, 6.45) is -3.64. The zero-order valence-corrected chi connectivity index (χ0v) is 7.95. The molecule has 1 aromatic rings. The molecule has 0 radical (unpaired) electrons. The average Bonchev–Trinajstić information content (AvgIpc) is 2.07. The molecule has 1 aromatic heterocycles. The molecule has 0 amide bonds. The zero-order chi connectivity index (χ0) is 10.5. The van der Waals surface area contributed by atoms with E-state index in [9.17, 15) is 13.2 Å². The highest BCUT2D eigenvalue weighted by Crippen LogP contribution is 2.28. The minimum Gasteiger partial charge on any atom is -0.244 e. The van der Waals surface area contributed by atoms with Crippen LogP contribution in [-0.4, -0.2) is 4.98 Å². The monoisotopic (exact) mass is 211 g/mol. The molecule has 0 aliphatic rings. The van der Waals surface area contributed by atoms with E-state index in [1.54, 1.807) is 0 Å². The van der Waals surface area contributed by atoms with Crippen molar-refractivity contribution in [2.75, 3.05) is 0 Å². The zero-order valence-electron chi connectivity index (χ0n) is 7.19. The lowest BCUT2D eigenvalue weighted by molar-refractivity contribution is -0.137. The van der Waals surface area contributed by atoms with E-state index < -0.39 is 11.7 Å². The van der Waals surface area contributed by atoms with Crippen molar-refractivity contribution in [2.24, 2.45) is 0 Å². The second-order valence-corrected chi connectivity index (χ2v) is 2.25. The highest BCUT2D eigenvalue weighted by Gasteiger charge is 2.30. The fourth-order valence-corrected chi connectivity index (χ4v) is 0.655. The summed E-state index contributed by atoms with van der Waals surface area (Å²) in [4.78, 5) is 3.29. The Kier molecular flexibility index (Phi) is 4.77. The van der Waals surface area contributed by atoms with Crippen LogP contribution >= 0.6 is 11.6 Å². The summed E-state index contributed by atoms with van der Waals surface area (Å²) in [5.41, 5.74) is -0.790. The minimum atomic E-state index is -4.34. The number of aromatic nitrogens is 1. The number of rotatable bonds is 0. The Labute approximate surface area is 79.6 Å². The maximum Gasteiger partial charge on any atom is 0.417 e. The number of pyridine rings is 1. The van der Waals surface area contributed by atoms with Gasteiger partial charge < -0.3 is 0 Å². The first-order valence-electron chi connectivity index (χ1n) is 3.69. The third-order valence-corrected chi connectivity index (χ3v) is 1.28. The molecule has 0 aliphatic carbocycles. The van der Waals surface area contributed by atoms with Gasteiger partial charge in [-0.1, -0.05) is 25.4 Å². The number of hydrogen-bond acceptors (Lipinski definition) is 1. The van der Waals surface area contributed by atoms with E-state index in [0.29, 0.717) is 6.20 Å². The molecule has 0 bridgehead atoms. The Bertz CT molecular complexity index is 243. The van der Waals surface area contributed by atoms with Gasteiger partial charge in [0, 0.05) is 6.20 Å². The predicted octanol–water partition coefficient (Wildman–Crippen LogP) is 3.78. The molecule has 1 nitrogen and oxygen atoms in total. The molecular formula is C8H9ClF3N. The first kappa shape index (κ1) is 12.2. The Hall–Kier alpha value is -0.770. The van der Waals surface area contributed by atoms with Gasteiger partial charge in [-0.3, -0.25) is 0 Å². The molecule has 74 valence electrons. The van der Waals surface area contributed by atoms with Crippen LogP contribution in [0.15, 0.2) is 18.3 Å². The summed E-state index contributed by atoms with van der Waals surface area (Å²) in [6, 6.07) is 1.99. The number of hydrogen-bond donors (Lipinski definition) is 0. The maximum absolute atomic E-state index is 11.8. The molecule has 1 heterocycles. The Morgan fingerprint density at radius 2 is 1.77 bits per heavy atom. The van der Waals surface area contributed by atoms with Gasteiger partial charge in [-0.05, 0) is 12.1 Å². The van der Waals surface area contributed by atoms with Crippen LogP contribution in [0.1, 0.15) is 19.4 Å². The average molecular weight is 212 g/mol. The van der Waals surface area contributed by atoms with Crippen molar-refractivity contribution >= 4 is 11.6 Å². The second kappa shape index (κ2) is 5.07. The highest BCUT2D eigenvalue weighted by atomic mass is 35.5. The van der Waals surface area contributed by atoms with E-state index >= 15 is 0 Å². The Morgan fingerprint density at radius 1 is 1.23 bits per heavy atom. The third-order valence-electron chi connectivity index (χ3n) is 1.05. The molecule has 0 saturated carbocycles. The number of nitrogens with zero attached hydrogens (tertiary/aromatic N) is 1. The summed E-state index contributed by atoms with van der Waals surface area (Å²) in [5.74, 6) is 0. The lowest BCUT2D eigenvalue weighted by Gasteiger charge is -2.04. The van der Waals surface area contributed by atoms with Gasteiger partial charge in [-0.25, -0.2) is 4.98 Å². The van der Waals surface area contributed by atoms with Gasteiger partial charge in [0.05, 0.1) is 5.56 Å². The van der Waals surface area contributed by atoms with Gasteiger partial charge >= 0.3 is 6.18 Å². The van der Waals surface area contributed by atoms with Gasteiger partial charge in [0.15, 0.2) is 0 Å². The largest absolute Gasteiger partial charge is 0.417 e. The summed E-state index contributed by atoms with van der Waals surface area (Å²) < 4.78 is 35.5. The van der Waals surface area contributed by atoms with E-state index in [-0.39, 0.29) is 5.15 Å². The summed E-state index contributed by atoms with van der Waals surface area (Å²) in [5, 5.41) is 0.0537. The molecule has 13 heavy (non-hydrogen) atoms. The summed E-state index contributed by atoms with van der Waals surface area (Å²) in [6.45, 7) is 4.00. The van der Waals surface area contributed by atoms with Crippen molar-refractivity contribution in [3.8, 4) is 0 Å². The smallest absolute Gasteiger partial charge is 0.244 e. The van der Waals surface area contributed by atoms with Crippen LogP contribution in [0.4, 0.5) is 13.2 Å². The number of halogens is 4. The first-order chi connectivity index (χ1) is 6.00. The molecule has 0 fully saturated rings. The van der Waals surface area contributed by atoms with Crippen molar-refractivity contribution in [3.05, 3.63) is 29.0 Å². The standard InChI is InChI=1S/C6H3ClF3N.C2H6/c7-5-2-1-4(3-11-5)6(8,9)10;1-2/h1-3H;1-2H3. The van der Waals surface area contributed by atoms with Crippen molar-refractivity contribution in [3.63, 3.8) is 0 Å². The van der Waals surface area contributed by atoms with E-state index in [2.05, 4.69) is 4.98 Å². The van der Waals surface area contributed by atoms with Crippen LogP contribution in [-0.2, 0) is 6.18 Å². The Morgan fingerprint density at radius 3 is 2.08 bits per heavy atom. The fraction of sp³-hybridized carbons (Fsp3) is 0.375. The lowest BCUT2D eigenvalue weighted by atomic mass is 10.3. The molecule has 0 aromatic carbocycles. The third kappa shape index (κ3) is 4.12. The van der Waals surface area contributed by atoms with Crippen LogP contribution in [0.3, 0.4) is 0 Å². The van der Waals surface area contributed by atoms with E-state index in [4.69, 9.17) is 11.6 Å². The normalized spacial score (nSPS) is 10.3. The van der Waals surface area contributed by atoms with Crippen LogP contribution in [0, 0.1) is 0 Å². The van der Waals surface area contributed by atoms with Crippen LogP contribution < -0.4 is 0 Å². The van der Waals surface area contributed by atoms with Crippen molar-refractivity contribution in [1.82, 2.24) is 4.98 Å². The molecule has 0 atom stereocenters. The summed E-state index contributed by atoms with van der Waals surface area (Å²) in [7, 11) is 0. The number of alkyl halides is 3. The van der Waals surface area contributed by atoms with Crippen molar-refractivity contribution < 1.29 is 13.2 Å². The Balaban J connectivity index is 0.000000671. The van der Waals surface area contributed by atoms with E-state index in [1.807, 2.05) is 13.8 Å². The van der Waals surface area contributed by atoms with Crippen LogP contribution in [0.5, 0.6) is 0 Å². The fourth-order valence-electron chi connectivity index (χ4n) is 0.544. The highest BCUT2D eigenvalue weighted by molar-refractivity contribution is 6.29. The SMILES string of the molecule is CC.FC(F)(F)c1ccc(Cl)nc1. The van der Waals surface area contributed by atoms with Gasteiger partial charge in [0.1, 0.15) is 5.15 Å².